The lowest BCUT2D eigenvalue weighted by atomic mass is 10.1. The molecule has 0 aromatic carbocycles. The van der Waals surface area contributed by atoms with Crippen LogP contribution in [0.5, 0.6) is 0 Å². The first-order valence-electron chi connectivity index (χ1n) is 5.38. The second kappa shape index (κ2) is 7.65. The van der Waals surface area contributed by atoms with Crippen LogP contribution in [0.3, 0.4) is 0 Å². The Morgan fingerprint density at radius 3 is 2.53 bits per heavy atom. The first-order chi connectivity index (χ1) is 6.97. The highest BCUT2D eigenvalue weighted by Gasteiger charge is 2.13. The fraction of sp³-hybridized carbons (Fsp3) is 0.909. The quantitative estimate of drug-likeness (QED) is 0.689. The minimum Gasteiger partial charge on any atom is -0.393 e. The van der Waals surface area contributed by atoms with Crippen LogP contribution < -0.4 is 0 Å². The fourth-order valence-electron chi connectivity index (χ4n) is 1.30. The highest BCUT2D eigenvalue weighted by molar-refractivity contribution is 5.76. The van der Waals surface area contributed by atoms with Crippen molar-refractivity contribution in [2.45, 2.75) is 32.8 Å². The van der Waals surface area contributed by atoms with Gasteiger partial charge in [-0.1, -0.05) is 6.92 Å². The molecule has 0 aliphatic carbocycles. The van der Waals surface area contributed by atoms with Crippen molar-refractivity contribution in [1.82, 2.24) is 4.90 Å². The molecule has 2 unspecified atom stereocenters. The zero-order chi connectivity index (χ0) is 11.8. The zero-order valence-electron chi connectivity index (χ0n) is 10.2. The van der Waals surface area contributed by atoms with Gasteiger partial charge in [0.2, 0.25) is 5.91 Å². The van der Waals surface area contributed by atoms with Gasteiger partial charge in [0.1, 0.15) is 0 Å². The van der Waals surface area contributed by atoms with Crippen molar-refractivity contribution in [3.8, 4) is 0 Å². The van der Waals surface area contributed by atoms with E-state index in [-0.39, 0.29) is 17.9 Å². The predicted molar refractivity (Wildman–Crippen MR) is 59.6 cm³/mol. The lowest BCUT2D eigenvalue weighted by molar-refractivity contribution is -0.131. The summed E-state index contributed by atoms with van der Waals surface area (Å²) >= 11 is 0. The van der Waals surface area contributed by atoms with E-state index < -0.39 is 0 Å². The number of aliphatic hydroxyl groups excluding tert-OH is 1. The molecule has 0 saturated heterocycles. The second-order valence-corrected chi connectivity index (χ2v) is 4.22. The maximum atomic E-state index is 11.6. The second-order valence-electron chi connectivity index (χ2n) is 4.22. The molecule has 4 nitrogen and oxygen atoms in total. The van der Waals surface area contributed by atoms with E-state index in [2.05, 4.69) is 0 Å². The Hall–Kier alpha value is -0.610. The first-order valence-corrected chi connectivity index (χ1v) is 5.38. The van der Waals surface area contributed by atoms with Crippen LogP contribution in [0.1, 0.15) is 26.7 Å². The van der Waals surface area contributed by atoms with Crippen LogP contribution in [-0.4, -0.2) is 49.3 Å². The monoisotopic (exact) mass is 217 g/mol. The van der Waals surface area contributed by atoms with Crippen molar-refractivity contribution in [2.75, 3.05) is 27.3 Å². The highest BCUT2D eigenvalue weighted by Crippen LogP contribution is 2.05. The van der Waals surface area contributed by atoms with E-state index >= 15 is 0 Å². The zero-order valence-corrected chi connectivity index (χ0v) is 10.2. The van der Waals surface area contributed by atoms with Crippen molar-refractivity contribution < 1.29 is 14.6 Å². The molecule has 1 N–H and O–H groups in total. The third-order valence-corrected chi connectivity index (χ3v) is 2.28. The van der Waals surface area contributed by atoms with Gasteiger partial charge in [-0.25, -0.2) is 0 Å². The van der Waals surface area contributed by atoms with Crippen molar-refractivity contribution in [3.63, 3.8) is 0 Å². The summed E-state index contributed by atoms with van der Waals surface area (Å²) in [4.78, 5) is 13.3. The molecule has 0 radical (unpaired) electrons. The van der Waals surface area contributed by atoms with Crippen molar-refractivity contribution in [3.05, 3.63) is 0 Å². The Labute approximate surface area is 92.2 Å². The largest absolute Gasteiger partial charge is 0.393 e. The Kier molecular flexibility index (Phi) is 7.34. The molecule has 90 valence electrons. The molecule has 2 atom stereocenters. The van der Waals surface area contributed by atoms with E-state index in [9.17, 15) is 4.79 Å². The van der Waals surface area contributed by atoms with E-state index in [4.69, 9.17) is 9.84 Å². The molecule has 0 rings (SSSR count). The minimum atomic E-state index is -0.350. The average Bonchev–Trinajstić information content (AvgIpc) is 2.14. The molecule has 0 aliphatic heterocycles. The van der Waals surface area contributed by atoms with Gasteiger partial charge in [-0.15, -0.1) is 0 Å². The summed E-state index contributed by atoms with van der Waals surface area (Å²) < 4.78 is 4.97. The molecule has 0 spiro atoms. The Balaban J connectivity index is 3.78. The molecule has 0 bridgehead atoms. The predicted octanol–water partition coefficient (Wildman–Crippen LogP) is 0.888. The molecule has 0 saturated carbocycles. The summed E-state index contributed by atoms with van der Waals surface area (Å²) in [5.74, 6) is 0.358. The van der Waals surface area contributed by atoms with Gasteiger partial charge in [0, 0.05) is 33.7 Å². The van der Waals surface area contributed by atoms with Crippen LogP contribution in [0.15, 0.2) is 0 Å². The van der Waals surface area contributed by atoms with Crippen LogP contribution >= 0.6 is 0 Å². The summed E-state index contributed by atoms with van der Waals surface area (Å²) in [6, 6.07) is 0. The van der Waals surface area contributed by atoms with Gasteiger partial charge < -0.3 is 14.7 Å². The number of carbonyl (C=O) groups excluding carboxylic acids is 1. The fourth-order valence-corrected chi connectivity index (χ4v) is 1.30. The van der Waals surface area contributed by atoms with Gasteiger partial charge in [-0.05, 0) is 19.3 Å². The van der Waals surface area contributed by atoms with Gasteiger partial charge in [0.15, 0.2) is 0 Å². The number of methoxy groups -OCH3 is 1. The van der Waals surface area contributed by atoms with Crippen LogP contribution in [-0.2, 0) is 9.53 Å². The first kappa shape index (κ1) is 14.4. The Morgan fingerprint density at radius 1 is 1.47 bits per heavy atom. The Morgan fingerprint density at radius 2 is 2.07 bits per heavy atom. The van der Waals surface area contributed by atoms with Crippen molar-refractivity contribution in [1.29, 1.82) is 0 Å². The molecule has 0 heterocycles. The van der Waals surface area contributed by atoms with Crippen molar-refractivity contribution in [2.24, 2.45) is 5.92 Å². The number of hydrogen-bond donors (Lipinski definition) is 1. The average molecular weight is 217 g/mol. The topological polar surface area (TPSA) is 49.8 Å². The van der Waals surface area contributed by atoms with Gasteiger partial charge in [-0.2, -0.15) is 0 Å². The van der Waals surface area contributed by atoms with Crippen LogP contribution in [0.4, 0.5) is 0 Å². The third kappa shape index (κ3) is 7.33. The van der Waals surface area contributed by atoms with Gasteiger partial charge >= 0.3 is 0 Å². The van der Waals surface area contributed by atoms with Crippen LogP contribution in [0.25, 0.3) is 0 Å². The Bertz CT molecular complexity index is 183. The van der Waals surface area contributed by atoms with Crippen LogP contribution in [0, 0.1) is 5.92 Å². The molecular weight excluding hydrogens is 194 g/mol. The molecule has 0 fully saturated rings. The highest BCUT2D eigenvalue weighted by atomic mass is 16.5. The number of hydrogen-bond acceptors (Lipinski definition) is 3. The summed E-state index contributed by atoms with van der Waals surface area (Å²) in [5.41, 5.74) is 0. The number of carbonyl (C=O) groups is 1. The van der Waals surface area contributed by atoms with E-state index in [1.165, 1.54) is 0 Å². The standard InChI is InChI=1S/C11H23NO3/c1-9(8-15-4)7-11(14)12(3)6-5-10(2)13/h9-10,13H,5-8H2,1-4H3. The normalized spacial score (nSPS) is 14.7. The minimum absolute atomic E-state index is 0.111. The third-order valence-electron chi connectivity index (χ3n) is 2.28. The lowest BCUT2D eigenvalue weighted by Crippen LogP contribution is -2.31. The summed E-state index contributed by atoms with van der Waals surface area (Å²) in [7, 11) is 3.41. The lowest BCUT2D eigenvalue weighted by Gasteiger charge is -2.19. The number of ether oxygens (including phenoxy) is 1. The molecule has 4 heteroatoms. The maximum absolute atomic E-state index is 11.6. The molecule has 0 aromatic heterocycles. The molecular formula is C11H23NO3. The van der Waals surface area contributed by atoms with E-state index in [1.807, 2.05) is 6.92 Å². The van der Waals surface area contributed by atoms with Gasteiger partial charge in [0.25, 0.3) is 0 Å². The molecule has 15 heavy (non-hydrogen) atoms. The van der Waals surface area contributed by atoms with Gasteiger partial charge in [0.05, 0.1) is 6.10 Å². The summed E-state index contributed by atoms with van der Waals surface area (Å²) in [6.45, 7) is 4.93. The smallest absolute Gasteiger partial charge is 0.222 e. The van der Waals surface area contributed by atoms with Gasteiger partial charge in [-0.3, -0.25) is 4.79 Å². The number of nitrogens with zero attached hydrogens (tertiary/aromatic N) is 1. The summed E-state index contributed by atoms with van der Waals surface area (Å²) in [5, 5.41) is 9.09. The number of amides is 1. The maximum Gasteiger partial charge on any atom is 0.222 e. The number of rotatable bonds is 7. The molecule has 1 amide bonds. The van der Waals surface area contributed by atoms with E-state index in [0.717, 1.165) is 0 Å². The number of aliphatic hydroxyl groups is 1. The van der Waals surface area contributed by atoms with E-state index in [0.29, 0.717) is 26.0 Å². The molecule has 0 aliphatic rings. The molecule has 0 aromatic rings. The summed E-state index contributed by atoms with van der Waals surface area (Å²) in [6.07, 6.45) is 0.780. The van der Waals surface area contributed by atoms with Crippen molar-refractivity contribution >= 4 is 5.91 Å². The SMILES string of the molecule is COCC(C)CC(=O)N(C)CCC(C)O. The van der Waals surface area contributed by atoms with Crippen LogP contribution in [0.2, 0.25) is 0 Å². The van der Waals surface area contributed by atoms with E-state index in [1.54, 1.807) is 26.0 Å².